The Labute approximate surface area is 245 Å². The average molecular weight is 572 g/mol. The summed E-state index contributed by atoms with van der Waals surface area (Å²) in [4.78, 5) is 0.342. The van der Waals surface area contributed by atoms with Crippen molar-refractivity contribution in [3.05, 3.63) is 29.8 Å². The summed E-state index contributed by atoms with van der Waals surface area (Å²) >= 11 is 0. The van der Waals surface area contributed by atoms with Crippen molar-refractivity contribution in [2.45, 2.75) is 130 Å². The van der Waals surface area contributed by atoms with Crippen LogP contribution in [0.15, 0.2) is 29.2 Å². The number of hydrogen-bond acceptors (Lipinski definition) is 3. The van der Waals surface area contributed by atoms with Crippen molar-refractivity contribution in [3.8, 4) is 0 Å². The smallest absolute Gasteiger partial charge is 0.240 e. The summed E-state index contributed by atoms with van der Waals surface area (Å²) in [6.07, 6.45) is 14.4. The molecule has 4 saturated carbocycles. The van der Waals surface area contributed by atoms with E-state index in [0.29, 0.717) is 16.2 Å². The second-order valence-corrected chi connectivity index (χ2v) is 17.4. The molecule has 0 saturated heterocycles. The van der Waals surface area contributed by atoms with Gasteiger partial charge in [-0.15, -0.1) is 0 Å². The standard InChI is InChI=1S/C35H57NO3S/c1-24(2)8-7-9-26(4)30-14-15-31-29-17-21-35(23-37)22-27(36-40(38,39)28-12-10-25(3)11-13-28)16-20-34(35,6)32(29)18-19-33(30,31)5/h10-13,24,26-27,29-32,36-37H,7-9,14-23H2,1-6H3/t26-,27+,29+,30-,31+,32+,33-,34-,35-/m1/s1. The Balaban J connectivity index is 1.30. The molecule has 2 N–H and O–H groups in total. The maximum Gasteiger partial charge on any atom is 0.240 e. The van der Waals surface area contributed by atoms with Crippen LogP contribution in [0.25, 0.3) is 0 Å². The number of aryl methyl sites for hydroxylation is 1. The van der Waals surface area contributed by atoms with Gasteiger partial charge in [-0.25, -0.2) is 13.1 Å². The lowest BCUT2D eigenvalue weighted by Crippen LogP contribution is -2.62. The maximum absolute atomic E-state index is 13.2. The third kappa shape index (κ3) is 5.23. The van der Waals surface area contributed by atoms with Crippen LogP contribution in [0.1, 0.15) is 117 Å². The van der Waals surface area contributed by atoms with Crippen molar-refractivity contribution in [2.24, 2.45) is 51.8 Å². The zero-order chi connectivity index (χ0) is 28.9. The van der Waals surface area contributed by atoms with Gasteiger partial charge in [0, 0.05) is 18.1 Å². The van der Waals surface area contributed by atoms with Crippen LogP contribution < -0.4 is 4.72 Å². The second kappa shape index (κ2) is 11.3. The van der Waals surface area contributed by atoms with E-state index in [2.05, 4.69) is 39.3 Å². The monoisotopic (exact) mass is 571 g/mol. The molecule has 0 unspecified atom stereocenters. The van der Waals surface area contributed by atoms with Gasteiger partial charge in [0.25, 0.3) is 0 Å². The third-order valence-electron chi connectivity index (χ3n) is 13.2. The fraction of sp³-hybridized carbons (Fsp3) is 0.829. The average Bonchev–Trinajstić information content (AvgIpc) is 3.26. The molecule has 1 aromatic rings. The minimum Gasteiger partial charge on any atom is -0.396 e. The number of aliphatic hydroxyl groups is 1. The van der Waals surface area contributed by atoms with Gasteiger partial charge in [0.05, 0.1) is 4.90 Å². The first-order valence-corrected chi connectivity index (χ1v) is 18.0. The summed E-state index contributed by atoms with van der Waals surface area (Å²) in [5.74, 6) is 4.70. The molecule has 0 spiro atoms. The van der Waals surface area contributed by atoms with E-state index in [0.717, 1.165) is 60.8 Å². The zero-order valence-electron chi connectivity index (χ0n) is 26.2. The highest BCUT2D eigenvalue weighted by Gasteiger charge is 2.64. The van der Waals surface area contributed by atoms with Crippen LogP contribution in [-0.4, -0.2) is 26.2 Å². The van der Waals surface area contributed by atoms with Crippen molar-refractivity contribution in [2.75, 3.05) is 6.61 Å². The van der Waals surface area contributed by atoms with Gasteiger partial charge in [0.15, 0.2) is 0 Å². The summed E-state index contributed by atoms with van der Waals surface area (Å²) in [7, 11) is -3.57. The molecule has 4 aliphatic carbocycles. The molecule has 0 amide bonds. The first-order valence-electron chi connectivity index (χ1n) is 16.5. The van der Waals surface area contributed by atoms with Crippen molar-refractivity contribution < 1.29 is 13.5 Å². The first-order chi connectivity index (χ1) is 18.8. The largest absolute Gasteiger partial charge is 0.396 e. The minimum atomic E-state index is -3.57. The summed E-state index contributed by atoms with van der Waals surface area (Å²) in [6.45, 7) is 14.5. The number of fused-ring (bicyclic) bond motifs is 5. The molecular weight excluding hydrogens is 514 g/mol. The van der Waals surface area contributed by atoms with Gasteiger partial charge in [0.1, 0.15) is 0 Å². The van der Waals surface area contributed by atoms with Gasteiger partial charge in [0.2, 0.25) is 10.0 Å². The van der Waals surface area contributed by atoms with E-state index in [1.807, 2.05) is 19.1 Å². The second-order valence-electron chi connectivity index (χ2n) is 15.7. The Morgan fingerprint density at radius 2 is 1.65 bits per heavy atom. The number of hydrogen-bond donors (Lipinski definition) is 2. The Kier molecular flexibility index (Phi) is 8.63. The van der Waals surface area contributed by atoms with Crippen molar-refractivity contribution in [3.63, 3.8) is 0 Å². The van der Waals surface area contributed by atoms with Gasteiger partial charge in [-0.05, 0) is 123 Å². The lowest BCUT2D eigenvalue weighted by atomic mass is 9.39. The fourth-order valence-electron chi connectivity index (χ4n) is 10.9. The fourth-order valence-corrected chi connectivity index (χ4v) is 12.2. The maximum atomic E-state index is 13.2. The van der Waals surface area contributed by atoms with E-state index in [4.69, 9.17) is 0 Å². The summed E-state index contributed by atoms with van der Waals surface area (Å²) in [5, 5.41) is 11.0. The molecule has 226 valence electrons. The molecule has 4 aliphatic rings. The SMILES string of the molecule is Cc1ccc(S(=O)(=O)N[C@H]2CC[C@]3(C)[C@H]4CC[C@]5(C)[C@@H]([C@H](C)CCCC(C)C)CC[C@H]5[C@@H]4CC[C@]3(CO)C2)cc1. The van der Waals surface area contributed by atoms with E-state index < -0.39 is 10.0 Å². The molecule has 1 aromatic carbocycles. The lowest BCUT2D eigenvalue weighted by molar-refractivity contribution is -0.179. The molecule has 0 aliphatic heterocycles. The Morgan fingerprint density at radius 3 is 2.33 bits per heavy atom. The molecule has 0 aromatic heterocycles. The van der Waals surface area contributed by atoms with E-state index in [1.165, 1.54) is 51.4 Å². The summed E-state index contributed by atoms with van der Waals surface area (Å²) in [5.41, 5.74) is 1.41. The van der Waals surface area contributed by atoms with Crippen LogP contribution in [0, 0.1) is 58.7 Å². The van der Waals surface area contributed by atoms with Gasteiger partial charge in [-0.2, -0.15) is 0 Å². The summed E-state index contributed by atoms with van der Waals surface area (Å²) in [6, 6.07) is 7.02. The number of nitrogens with one attached hydrogen (secondary N) is 1. The highest BCUT2D eigenvalue weighted by Crippen LogP contribution is 2.71. The molecule has 5 heteroatoms. The van der Waals surface area contributed by atoms with E-state index in [9.17, 15) is 13.5 Å². The van der Waals surface area contributed by atoms with Gasteiger partial charge in [-0.1, -0.05) is 71.6 Å². The van der Waals surface area contributed by atoms with Gasteiger partial charge in [-0.3, -0.25) is 0 Å². The number of aliphatic hydroxyl groups excluding tert-OH is 1. The molecule has 4 nitrogen and oxygen atoms in total. The third-order valence-corrected chi connectivity index (χ3v) is 14.8. The van der Waals surface area contributed by atoms with Crippen LogP contribution in [0.5, 0.6) is 0 Å². The lowest BCUT2D eigenvalue weighted by Gasteiger charge is -2.66. The van der Waals surface area contributed by atoms with Crippen LogP contribution in [0.3, 0.4) is 0 Å². The highest BCUT2D eigenvalue weighted by molar-refractivity contribution is 7.89. The number of benzene rings is 1. The minimum absolute atomic E-state index is 0.0821. The molecular formula is C35H57NO3S. The Morgan fingerprint density at radius 1 is 0.925 bits per heavy atom. The van der Waals surface area contributed by atoms with Gasteiger partial charge >= 0.3 is 0 Å². The van der Waals surface area contributed by atoms with Gasteiger partial charge < -0.3 is 5.11 Å². The predicted molar refractivity (Wildman–Crippen MR) is 164 cm³/mol. The molecule has 0 radical (unpaired) electrons. The molecule has 0 heterocycles. The van der Waals surface area contributed by atoms with Crippen molar-refractivity contribution >= 4 is 10.0 Å². The molecule has 0 bridgehead atoms. The van der Waals surface area contributed by atoms with Crippen LogP contribution in [0.4, 0.5) is 0 Å². The van der Waals surface area contributed by atoms with Crippen molar-refractivity contribution in [1.29, 1.82) is 0 Å². The first kappa shape index (κ1) is 30.5. The molecule has 4 fully saturated rings. The summed E-state index contributed by atoms with van der Waals surface area (Å²) < 4.78 is 29.5. The Hall–Kier alpha value is -0.910. The normalized spacial score (nSPS) is 40.4. The zero-order valence-corrected chi connectivity index (χ0v) is 27.0. The quantitative estimate of drug-likeness (QED) is 0.314. The van der Waals surface area contributed by atoms with E-state index >= 15 is 0 Å². The van der Waals surface area contributed by atoms with Crippen LogP contribution in [0.2, 0.25) is 0 Å². The number of sulfonamides is 1. The van der Waals surface area contributed by atoms with E-state index in [-0.39, 0.29) is 23.5 Å². The molecule has 5 rings (SSSR count). The highest BCUT2D eigenvalue weighted by atomic mass is 32.2. The molecule has 9 atom stereocenters. The van der Waals surface area contributed by atoms with Crippen LogP contribution >= 0.6 is 0 Å². The number of rotatable bonds is 9. The van der Waals surface area contributed by atoms with Crippen LogP contribution in [-0.2, 0) is 10.0 Å². The topological polar surface area (TPSA) is 66.4 Å². The predicted octanol–water partition coefficient (Wildman–Crippen LogP) is 8.13. The Bertz CT molecular complexity index is 1130. The molecule has 40 heavy (non-hydrogen) atoms. The van der Waals surface area contributed by atoms with E-state index in [1.54, 1.807) is 12.1 Å². The van der Waals surface area contributed by atoms with Crippen molar-refractivity contribution in [1.82, 2.24) is 4.72 Å².